The third-order valence-electron chi connectivity index (χ3n) is 4.32. The Hall–Kier alpha value is -0.120. The van der Waals surface area contributed by atoms with Gasteiger partial charge >= 0.3 is 0 Å². The molecule has 0 spiro atoms. The molecule has 0 aromatic carbocycles. The van der Waals surface area contributed by atoms with Crippen LogP contribution in [0.1, 0.15) is 52.9 Å². The predicted octanol–water partition coefficient (Wildman–Crippen LogP) is 2.41. The minimum atomic E-state index is 0.0675. The molecule has 2 atom stereocenters. The molecule has 0 saturated carbocycles. The van der Waals surface area contributed by atoms with Gasteiger partial charge in [-0.1, -0.05) is 6.92 Å². The Morgan fingerprint density at radius 1 is 1.33 bits per heavy atom. The number of hydrogen-bond donors (Lipinski definition) is 1. The van der Waals surface area contributed by atoms with Crippen molar-refractivity contribution < 1.29 is 4.74 Å². The van der Waals surface area contributed by atoms with Gasteiger partial charge in [-0.15, -0.1) is 0 Å². The van der Waals surface area contributed by atoms with Crippen LogP contribution in [0.2, 0.25) is 0 Å². The molecule has 106 valence electrons. The quantitative estimate of drug-likeness (QED) is 0.815. The third kappa shape index (κ3) is 3.94. The van der Waals surface area contributed by atoms with Gasteiger partial charge in [0.1, 0.15) is 0 Å². The fraction of sp³-hybridized carbons (Fsp3) is 1.00. The number of nitrogens with zero attached hydrogens (tertiary/aromatic N) is 1. The van der Waals surface area contributed by atoms with Gasteiger partial charge in [-0.2, -0.15) is 0 Å². The molecule has 0 amide bonds. The Balaban J connectivity index is 1.90. The lowest BCUT2D eigenvalue weighted by atomic mass is 9.92. The molecule has 2 heterocycles. The first-order valence-electron chi connectivity index (χ1n) is 7.72. The fourth-order valence-electron chi connectivity index (χ4n) is 3.42. The molecule has 2 saturated heterocycles. The summed E-state index contributed by atoms with van der Waals surface area (Å²) in [5.41, 5.74) is 0.0675. The zero-order valence-corrected chi connectivity index (χ0v) is 12.4. The van der Waals surface area contributed by atoms with Gasteiger partial charge in [0.05, 0.1) is 5.60 Å². The molecule has 18 heavy (non-hydrogen) atoms. The van der Waals surface area contributed by atoms with E-state index in [2.05, 4.69) is 31.0 Å². The number of ether oxygens (including phenoxy) is 1. The summed E-state index contributed by atoms with van der Waals surface area (Å²) in [5, 5.41) is 3.63. The highest BCUT2D eigenvalue weighted by atomic mass is 16.5. The maximum Gasteiger partial charge on any atom is 0.0641 e. The Labute approximate surface area is 112 Å². The summed E-state index contributed by atoms with van der Waals surface area (Å²) in [5.74, 6) is 0. The molecule has 0 radical (unpaired) electrons. The molecule has 2 unspecified atom stereocenters. The summed E-state index contributed by atoms with van der Waals surface area (Å²) < 4.78 is 5.85. The van der Waals surface area contributed by atoms with E-state index in [4.69, 9.17) is 4.74 Å². The first-order chi connectivity index (χ1) is 8.61. The van der Waals surface area contributed by atoms with Crippen molar-refractivity contribution in [1.82, 2.24) is 10.2 Å². The van der Waals surface area contributed by atoms with Crippen molar-refractivity contribution in [2.45, 2.75) is 70.6 Å². The van der Waals surface area contributed by atoms with E-state index in [-0.39, 0.29) is 5.60 Å². The van der Waals surface area contributed by atoms with Gasteiger partial charge in [-0.05, 0) is 59.0 Å². The lowest BCUT2D eigenvalue weighted by Gasteiger charge is -2.42. The van der Waals surface area contributed by atoms with Crippen LogP contribution in [0.4, 0.5) is 0 Å². The Morgan fingerprint density at radius 3 is 2.78 bits per heavy atom. The first-order valence-corrected chi connectivity index (χ1v) is 7.72. The Morgan fingerprint density at radius 2 is 2.17 bits per heavy atom. The molecule has 2 rings (SSSR count). The number of rotatable bonds is 5. The van der Waals surface area contributed by atoms with Crippen LogP contribution < -0.4 is 5.32 Å². The highest BCUT2D eigenvalue weighted by Crippen LogP contribution is 2.28. The van der Waals surface area contributed by atoms with Crippen molar-refractivity contribution in [1.29, 1.82) is 0 Å². The van der Waals surface area contributed by atoms with Crippen LogP contribution in [-0.2, 0) is 4.74 Å². The largest absolute Gasteiger partial charge is 0.375 e. The van der Waals surface area contributed by atoms with Crippen LogP contribution in [0.15, 0.2) is 0 Å². The molecule has 0 aromatic rings. The van der Waals surface area contributed by atoms with Gasteiger partial charge in [-0.25, -0.2) is 0 Å². The van der Waals surface area contributed by atoms with Gasteiger partial charge in [0.25, 0.3) is 0 Å². The Kier molecular flexibility index (Phi) is 5.05. The van der Waals surface area contributed by atoms with E-state index in [0.717, 1.165) is 18.7 Å². The van der Waals surface area contributed by atoms with E-state index in [1.165, 1.54) is 51.7 Å². The third-order valence-corrected chi connectivity index (χ3v) is 4.32. The molecule has 3 nitrogen and oxygen atoms in total. The minimum absolute atomic E-state index is 0.0675. The van der Waals surface area contributed by atoms with Crippen LogP contribution in [0, 0.1) is 0 Å². The van der Waals surface area contributed by atoms with Crippen molar-refractivity contribution in [3.05, 3.63) is 0 Å². The van der Waals surface area contributed by atoms with Crippen molar-refractivity contribution >= 4 is 0 Å². The minimum Gasteiger partial charge on any atom is -0.375 e. The zero-order valence-electron chi connectivity index (χ0n) is 12.4. The summed E-state index contributed by atoms with van der Waals surface area (Å²) in [6.45, 7) is 11.4. The molecule has 0 aromatic heterocycles. The van der Waals surface area contributed by atoms with E-state index < -0.39 is 0 Å². The SMILES string of the molecule is CCCN(CC1CCCN1)C1CCOC(C)(C)C1. The molecular formula is C15H30N2O. The molecular weight excluding hydrogens is 224 g/mol. The average molecular weight is 254 g/mol. The normalized spacial score (nSPS) is 32.0. The lowest BCUT2D eigenvalue weighted by molar-refractivity contribution is -0.0840. The second kappa shape index (κ2) is 6.36. The van der Waals surface area contributed by atoms with E-state index in [1.54, 1.807) is 0 Å². The second-order valence-corrected chi connectivity index (χ2v) is 6.54. The standard InChI is InChI=1S/C15H30N2O/c1-4-9-17(12-13-6-5-8-16-13)14-7-10-18-15(2,3)11-14/h13-14,16H,4-12H2,1-3H3. The summed E-state index contributed by atoms with van der Waals surface area (Å²) in [6.07, 6.45) is 6.34. The molecule has 0 aliphatic carbocycles. The van der Waals surface area contributed by atoms with Crippen LogP contribution in [0.5, 0.6) is 0 Å². The predicted molar refractivity (Wildman–Crippen MR) is 75.9 cm³/mol. The molecule has 2 aliphatic rings. The molecule has 2 aliphatic heterocycles. The number of hydrogen-bond acceptors (Lipinski definition) is 3. The highest BCUT2D eigenvalue weighted by molar-refractivity contribution is 4.87. The van der Waals surface area contributed by atoms with E-state index in [1.807, 2.05) is 0 Å². The van der Waals surface area contributed by atoms with E-state index >= 15 is 0 Å². The molecule has 3 heteroatoms. The molecule has 0 bridgehead atoms. The summed E-state index contributed by atoms with van der Waals surface area (Å²) in [6, 6.07) is 1.44. The van der Waals surface area contributed by atoms with Crippen molar-refractivity contribution in [2.24, 2.45) is 0 Å². The smallest absolute Gasteiger partial charge is 0.0641 e. The number of nitrogens with one attached hydrogen (secondary N) is 1. The van der Waals surface area contributed by atoms with Gasteiger partial charge in [0.15, 0.2) is 0 Å². The molecule has 2 fully saturated rings. The van der Waals surface area contributed by atoms with Crippen LogP contribution in [0.25, 0.3) is 0 Å². The highest BCUT2D eigenvalue weighted by Gasteiger charge is 2.33. The van der Waals surface area contributed by atoms with Crippen LogP contribution in [-0.4, -0.2) is 48.8 Å². The topological polar surface area (TPSA) is 24.5 Å². The van der Waals surface area contributed by atoms with Crippen molar-refractivity contribution in [3.8, 4) is 0 Å². The van der Waals surface area contributed by atoms with E-state index in [9.17, 15) is 0 Å². The second-order valence-electron chi connectivity index (χ2n) is 6.54. The van der Waals surface area contributed by atoms with E-state index in [0.29, 0.717) is 0 Å². The summed E-state index contributed by atoms with van der Waals surface area (Å²) in [7, 11) is 0. The van der Waals surface area contributed by atoms with Crippen LogP contribution in [0.3, 0.4) is 0 Å². The van der Waals surface area contributed by atoms with Crippen LogP contribution >= 0.6 is 0 Å². The van der Waals surface area contributed by atoms with Gasteiger partial charge in [0.2, 0.25) is 0 Å². The van der Waals surface area contributed by atoms with Crippen molar-refractivity contribution in [3.63, 3.8) is 0 Å². The van der Waals surface area contributed by atoms with Gasteiger partial charge in [0, 0.05) is 25.2 Å². The lowest BCUT2D eigenvalue weighted by Crippen LogP contribution is -2.49. The zero-order chi connectivity index (χ0) is 13.0. The van der Waals surface area contributed by atoms with Gasteiger partial charge < -0.3 is 10.1 Å². The Bertz CT molecular complexity index is 249. The van der Waals surface area contributed by atoms with Gasteiger partial charge in [-0.3, -0.25) is 4.90 Å². The molecule has 1 N–H and O–H groups in total. The summed E-state index contributed by atoms with van der Waals surface area (Å²) >= 11 is 0. The monoisotopic (exact) mass is 254 g/mol. The van der Waals surface area contributed by atoms with Crippen molar-refractivity contribution in [2.75, 3.05) is 26.2 Å². The maximum atomic E-state index is 5.85. The fourth-order valence-corrected chi connectivity index (χ4v) is 3.42. The average Bonchev–Trinajstić information content (AvgIpc) is 2.80. The maximum absolute atomic E-state index is 5.85. The summed E-state index contributed by atoms with van der Waals surface area (Å²) in [4.78, 5) is 2.72. The first kappa shape index (κ1) is 14.3.